The van der Waals surface area contributed by atoms with E-state index in [-0.39, 0.29) is 0 Å². The molecule has 0 saturated carbocycles. The zero-order valence-electron chi connectivity index (χ0n) is 13.8. The van der Waals surface area contributed by atoms with Gasteiger partial charge in [0.1, 0.15) is 24.3 Å². The molecule has 4 heterocycles. The van der Waals surface area contributed by atoms with E-state index in [1.807, 2.05) is 26.2 Å². The minimum atomic E-state index is 0.418. The molecule has 8 heteroatoms. The molecule has 24 heavy (non-hydrogen) atoms. The SMILES string of the molecule is Cc1cc(NC2CCN(c3ncnc4nn(C)cc34)CC2)ncn1. The van der Waals surface area contributed by atoms with E-state index < -0.39 is 0 Å². The fourth-order valence-electron chi connectivity index (χ4n) is 3.17. The molecule has 8 nitrogen and oxygen atoms in total. The third-order valence-corrected chi connectivity index (χ3v) is 4.36. The number of piperidine rings is 1. The van der Waals surface area contributed by atoms with Crippen LogP contribution in [0.1, 0.15) is 18.5 Å². The van der Waals surface area contributed by atoms with Crippen molar-refractivity contribution >= 4 is 22.7 Å². The summed E-state index contributed by atoms with van der Waals surface area (Å²) >= 11 is 0. The van der Waals surface area contributed by atoms with E-state index >= 15 is 0 Å². The number of anilines is 2. The fourth-order valence-corrected chi connectivity index (χ4v) is 3.17. The van der Waals surface area contributed by atoms with Gasteiger partial charge in [0, 0.05) is 44.1 Å². The normalized spacial score (nSPS) is 15.8. The van der Waals surface area contributed by atoms with Crippen LogP contribution in [0.15, 0.2) is 24.9 Å². The highest BCUT2D eigenvalue weighted by Gasteiger charge is 2.22. The third-order valence-electron chi connectivity index (χ3n) is 4.36. The second kappa shape index (κ2) is 6.03. The second-order valence-electron chi connectivity index (χ2n) is 6.19. The summed E-state index contributed by atoms with van der Waals surface area (Å²) in [6, 6.07) is 2.40. The number of aryl methyl sites for hydroxylation is 2. The van der Waals surface area contributed by atoms with Crippen molar-refractivity contribution in [2.45, 2.75) is 25.8 Å². The first kappa shape index (κ1) is 14.8. The summed E-state index contributed by atoms with van der Waals surface area (Å²) in [5, 5.41) is 8.88. The van der Waals surface area contributed by atoms with Crippen LogP contribution in [-0.2, 0) is 7.05 Å². The molecule has 1 aliphatic heterocycles. The van der Waals surface area contributed by atoms with Crippen LogP contribution in [0.4, 0.5) is 11.6 Å². The Hall–Kier alpha value is -2.77. The second-order valence-corrected chi connectivity index (χ2v) is 6.19. The Labute approximate surface area is 140 Å². The zero-order valence-corrected chi connectivity index (χ0v) is 13.8. The predicted octanol–water partition coefficient (Wildman–Crippen LogP) is 1.54. The molecule has 1 saturated heterocycles. The molecule has 1 aliphatic rings. The molecule has 0 radical (unpaired) electrons. The van der Waals surface area contributed by atoms with Gasteiger partial charge in [0.2, 0.25) is 0 Å². The molecule has 0 spiro atoms. The summed E-state index contributed by atoms with van der Waals surface area (Å²) in [5.74, 6) is 1.88. The standard InChI is InChI=1S/C16H20N8/c1-11-7-14(18-9-17-11)21-12-3-5-24(6-4-12)16-13-8-23(2)22-15(13)19-10-20-16/h7-10,12H,3-6H2,1-2H3,(H,17,18,21). The highest BCUT2D eigenvalue weighted by molar-refractivity contribution is 5.86. The molecule has 0 aromatic carbocycles. The topological polar surface area (TPSA) is 84.6 Å². The van der Waals surface area contributed by atoms with Gasteiger partial charge in [-0.2, -0.15) is 5.10 Å². The number of hydrogen-bond donors (Lipinski definition) is 1. The predicted molar refractivity (Wildman–Crippen MR) is 91.9 cm³/mol. The van der Waals surface area contributed by atoms with Crippen LogP contribution < -0.4 is 10.2 Å². The maximum absolute atomic E-state index is 4.48. The van der Waals surface area contributed by atoms with Crippen molar-refractivity contribution in [3.8, 4) is 0 Å². The van der Waals surface area contributed by atoms with Gasteiger partial charge in [-0.05, 0) is 19.8 Å². The van der Waals surface area contributed by atoms with E-state index in [1.54, 1.807) is 17.3 Å². The van der Waals surface area contributed by atoms with Crippen LogP contribution in [0.25, 0.3) is 11.0 Å². The van der Waals surface area contributed by atoms with Gasteiger partial charge in [-0.25, -0.2) is 19.9 Å². The van der Waals surface area contributed by atoms with Gasteiger partial charge in [0.25, 0.3) is 0 Å². The Kier molecular flexibility index (Phi) is 3.72. The molecule has 124 valence electrons. The highest BCUT2D eigenvalue weighted by atomic mass is 15.3. The van der Waals surface area contributed by atoms with E-state index in [0.717, 1.165) is 54.3 Å². The number of nitrogens with one attached hydrogen (secondary N) is 1. The Morgan fingerprint density at radius 1 is 1.08 bits per heavy atom. The molecule has 0 amide bonds. The van der Waals surface area contributed by atoms with Gasteiger partial charge in [0.15, 0.2) is 5.65 Å². The summed E-state index contributed by atoms with van der Waals surface area (Å²) in [4.78, 5) is 19.5. The van der Waals surface area contributed by atoms with Crippen molar-refractivity contribution in [1.82, 2.24) is 29.7 Å². The van der Waals surface area contributed by atoms with E-state index in [1.165, 1.54) is 0 Å². The van der Waals surface area contributed by atoms with Crippen molar-refractivity contribution < 1.29 is 0 Å². The molecular formula is C16H20N8. The number of rotatable bonds is 3. The molecule has 0 unspecified atom stereocenters. The van der Waals surface area contributed by atoms with Gasteiger partial charge >= 0.3 is 0 Å². The Bertz CT molecular complexity index is 850. The summed E-state index contributed by atoms with van der Waals surface area (Å²) < 4.78 is 1.79. The summed E-state index contributed by atoms with van der Waals surface area (Å²) in [5.41, 5.74) is 1.73. The van der Waals surface area contributed by atoms with Gasteiger partial charge in [-0.1, -0.05) is 0 Å². The molecule has 1 N–H and O–H groups in total. The largest absolute Gasteiger partial charge is 0.367 e. The van der Waals surface area contributed by atoms with Gasteiger partial charge in [-0.3, -0.25) is 4.68 Å². The summed E-state index contributed by atoms with van der Waals surface area (Å²) in [6.45, 7) is 3.87. The van der Waals surface area contributed by atoms with Crippen molar-refractivity contribution in [2.24, 2.45) is 7.05 Å². The highest BCUT2D eigenvalue weighted by Crippen LogP contribution is 2.25. The lowest BCUT2D eigenvalue weighted by Gasteiger charge is -2.33. The number of nitrogens with zero attached hydrogens (tertiary/aromatic N) is 7. The fraction of sp³-hybridized carbons (Fsp3) is 0.438. The lowest BCUT2D eigenvalue weighted by atomic mass is 10.0. The number of fused-ring (bicyclic) bond motifs is 1. The molecule has 4 rings (SSSR count). The molecule has 3 aromatic rings. The molecular weight excluding hydrogens is 304 g/mol. The van der Waals surface area contributed by atoms with Gasteiger partial charge in [0.05, 0.1) is 5.39 Å². The van der Waals surface area contributed by atoms with Crippen LogP contribution >= 0.6 is 0 Å². The van der Waals surface area contributed by atoms with Gasteiger partial charge < -0.3 is 10.2 Å². The lowest BCUT2D eigenvalue weighted by Crippen LogP contribution is -2.39. The zero-order chi connectivity index (χ0) is 16.5. The lowest BCUT2D eigenvalue weighted by molar-refractivity contribution is 0.523. The number of hydrogen-bond acceptors (Lipinski definition) is 7. The van der Waals surface area contributed by atoms with E-state index in [9.17, 15) is 0 Å². The average molecular weight is 324 g/mol. The van der Waals surface area contributed by atoms with Crippen molar-refractivity contribution in [1.29, 1.82) is 0 Å². The summed E-state index contributed by atoms with van der Waals surface area (Å²) in [7, 11) is 1.91. The maximum Gasteiger partial charge on any atom is 0.186 e. The first-order valence-corrected chi connectivity index (χ1v) is 8.13. The number of aromatic nitrogens is 6. The monoisotopic (exact) mass is 324 g/mol. The van der Waals surface area contributed by atoms with Crippen molar-refractivity contribution in [2.75, 3.05) is 23.3 Å². The van der Waals surface area contributed by atoms with Crippen molar-refractivity contribution in [3.63, 3.8) is 0 Å². The minimum Gasteiger partial charge on any atom is -0.367 e. The first-order chi connectivity index (χ1) is 11.7. The summed E-state index contributed by atoms with van der Waals surface area (Å²) in [6.07, 6.45) is 7.26. The molecule has 0 bridgehead atoms. The van der Waals surface area contributed by atoms with Crippen LogP contribution in [0, 0.1) is 6.92 Å². The van der Waals surface area contributed by atoms with Crippen LogP contribution in [-0.4, -0.2) is 48.8 Å². The van der Waals surface area contributed by atoms with Crippen LogP contribution in [0.3, 0.4) is 0 Å². The molecule has 0 aliphatic carbocycles. The first-order valence-electron chi connectivity index (χ1n) is 8.13. The van der Waals surface area contributed by atoms with Gasteiger partial charge in [-0.15, -0.1) is 0 Å². The maximum atomic E-state index is 4.48. The Morgan fingerprint density at radius 3 is 2.67 bits per heavy atom. The van der Waals surface area contributed by atoms with Crippen LogP contribution in [0.5, 0.6) is 0 Å². The Morgan fingerprint density at radius 2 is 1.88 bits per heavy atom. The van der Waals surface area contributed by atoms with E-state index in [0.29, 0.717) is 6.04 Å². The Balaban J connectivity index is 1.45. The van der Waals surface area contributed by atoms with E-state index in [4.69, 9.17) is 0 Å². The smallest absolute Gasteiger partial charge is 0.186 e. The van der Waals surface area contributed by atoms with E-state index in [2.05, 4.69) is 35.3 Å². The van der Waals surface area contributed by atoms with Crippen molar-refractivity contribution in [3.05, 3.63) is 30.6 Å². The third kappa shape index (κ3) is 2.86. The van der Waals surface area contributed by atoms with Crippen LogP contribution in [0.2, 0.25) is 0 Å². The quantitative estimate of drug-likeness (QED) is 0.782. The minimum absolute atomic E-state index is 0.418. The molecule has 3 aromatic heterocycles. The average Bonchev–Trinajstić information content (AvgIpc) is 2.96. The molecule has 1 fully saturated rings. The molecule has 0 atom stereocenters.